The Hall–Kier alpha value is -1.21. The second-order valence-corrected chi connectivity index (χ2v) is 9.90. The molecule has 0 aromatic heterocycles. The molecule has 30 heavy (non-hydrogen) atoms. The summed E-state index contributed by atoms with van der Waals surface area (Å²) in [6.07, 6.45) is 0. The van der Waals surface area contributed by atoms with Crippen molar-refractivity contribution in [3.8, 4) is 0 Å². The Labute approximate surface area is 200 Å². The number of benzene rings is 2. The third kappa shape index (κ3) is 7.49. The number of nitrogens with one attached hydrogen (secondary N) is 1. The summed E-state index contributed by atoms with van der Waals surface area (Å²) in [7, 11) is 0. The van der Waals surface area contributed by atoms with E-state index < -0.39 is 6.04 Å². The summed E-state index contributed by atoms with van der Waals surface area (Å²) in [5.74, 6) is 0.443. The molecule has 0 heterocycles. The maximum absolute atomic E-state index is 13.1. The van der Waals surface area contributed by atoms with E-state index in [2.05, 4.69) is 21.2 Å². The molecule has 0 fully saturated rings. The van der Waals surface area contributed by atoms with Crippen LogP contribution in [-0.4, -0.2) is 34.6 Å². The van der Waals surface area contributed by atoms with Crippen LogP contribution >= 0.6 is 50.9 Å². The molecule has 0 aliphatic carbocycles. The lowest BCUT2D eigenvalue weighted by Gasteiger charge is -2.29. The molecule has 0 unspecified atom stereocenters. The van der Waals surface area contributed by atoms with Gasteiger partial charge in [0.1, 0.15) is 6.04 Å². The van der Waals surface area contributed by atoms with Gasteiger partial charge in [0.2, 0.25) is 11.8 Å². The fourth-order valence-electron chi connectivity index (χ4n) is 2.81. The van der Waals surface area contributed by atoms with Gasteiger partial charge in [-0.2, -0.15) is 0 Å². The van der Waals surface area contributed by atoms with Gasteiger partial charge in [-0.3, -0.25) is 9.59 Å². The molecule has 162 valence electrons. The van der Waals surface area contributed by atoms with Crippen LogP contribution in [0.5, 0.6) is 0 Å². The Kier molecular flexibility index (Phi) is 10.0. The first-order chi connectivity index (χ1) is 14.2. The molecule has 0 bridgehead atoms. The summed E-state index contributed by atoms with van der Waals surface area (Å²) in [5, 5.41) is 4.05. The Bertz CT molecular complexity index is 875. The normalized spacial score (nSPS) is 12.0. The first-order valence-electron chi connectivity index (χ1n) is 9.54. The monoisotopic (exact) mass is 530 g/mol. The quantitative estimate of drug-likeness (QED) is 0.436. The fourth-order valence-corrected chi connectivity index (χ4v) is 4.91. The van der Waals surface area contributed by atoms with Crippen molar-refractivity contribution in [3.63, 3.8) is 0 Å². The van der Waals surface area contributed by atoms with E-state index in [-0.39, 0.29) is 23.6 Å². The van der Waals surface area contributed by atoms with E-state index in [0.717, 1.165) is 15.6 Å². The van der Waals surface area contributed by atoms with E-state index in [9.17, 15) is 9.59 Å². The van der Waals surface area contributed by atoms with E-state index >= 15 is 0 Å². The first-order valence-corrected chi connectivity index (χ1v) is 12.2. The van der Waals surface area contributed by atoms with E-state index in [1.54, 1.807) is 30.0 Å². The van der Waals surface area contributed by atoms with Crippen LogP contribution < -0.4 is 5.32 Å². The average Bonchev–Trinajstić information content (AvgIpc) is 2.67. The molecular weight excluding hydrogens is 507 g/mol. The highest BCUT2D eigenvalue weighted by Gasteiger charge is 2.26. The largest absolute Gasteiger partial charge is 0.352 e. The van der Waals surface area contributed by atoms with Crippen molar-refractivity contribution in [2.45, 2.75) is 45.2 Å². The number of nitrogens with zero attached hydrogens (tertiary/aromatic N) is 1. The molecule has 4 nitrogen and oxygen atoms in total. The standard InChI is InChI=1S/C22H25BrCl2N2O2S/c1-14(2)26-22(29)15(3)27(11-16-6-4-7-17(23)10-16)21(28)13-30-12-18-19(24)8-5-9-20(18)25/h4-10,14-15H,11-13H2,1-3H3,(H,26,29)/t15-/m1/s1. The maximum atomic E-state index is 13.1. The minimum absolute atomic E-state index is 0.000453. The molecule has 2 aromatic rings. The molecule has 0 spiro atoms. The number of thioether (sulfide) groups is 1. The van der Waals surface area contributed by atoms with Crippen LogP contribution in [0.1, 0.15) is 31.9 Å². The number of carbonyl (C=O) groups excluding carboxylic acids is 2. The minimum atomic E-state index is -0.594. The smallest absolute Gasteiger partial charge is 0.242 e. The highest BCUT2D eigenvalue weighted by molar-refractivity contribution is 9.10. The van der Waals surface area contributed by atoms with E-state index in [1.807, 2.05) is 38.1 Å². The Morgan fingerprint density at radius 1 is 1.10 bits per heavy atom. The number of hydrogen-bond donors (Lipinski definition) is 1. The summed E-state index contributed by atoms with van der Waals surface area (Å²) in [4.78, 5) is 27.3. The zero-order valence-electron chi connectivity index (χ0n) is 17.1. The van der Waals surface area contributed by atoms with Gasteiger partial charge in [-0.1, -0.05) is 57.3 Å². The van der Waals surface area contributed by atoms with Gasteiger partial charge >= 0.3 is 0 Å². The van der Waals surface area contributed by atoms with E-state index in [1.165, 1.54) is 11.8 Å². The molecule has 0 saturated carbocycles. The van der Waals surface area contributed by atoms with Crippen LogP contribution in [-0.2, 0) is 21.9 Å². The molecule has 2 amide bonds. The van der Waals surface area contributed by atoms with Gasteiger partial charge in [0.15, 0.2) is 0 Å². The highest BCUT2D eigenvalue weighted by atomic mass is 79.9. The van der Waals surface area contributed by atoms with Crippen molar-refractivity contribution in [2.24, 2.45) is 0 Å². The van der Waals surface area contributed by atoms with Gasteiger partial charge in [-0.05, 0) is 56.2 Å². The van der Waals surface area contributed by atoms with Crippen LogP contribution in [0.2, 0.25) is 10.0 Å². The molecule has 1 N–H and O–H groups in total. The Morgan fingerprint density at radius 2 is 1.73 bits per heavy atom. The second kappa shape index (κ2) is 12.0. The molecule has 0 saturated heterocycles. The van der Waals surface area contributed by atoms with Crippen molar-refractivity contribution < 1.29 is 9.59 Å². The first kappa shape index (κ1) is 25.1. The number of rotatable bonds is 9. The predicted octanol–water partition coefficient (Wildman–Crippen LogP) is 5.93. The maximum Gasteiger partial charge on any atom is 0.242 e. The van der Waals surface area contributed by atoms with Crippen LogP contribution in [0.3, 0.4) is 0 Å². The van der Waals surface area contributed by atoms with Crippen molar-refractivity contribution in [1.82, 2.24) is 10.2 Å². The number of hydrogen-bond acceptors (Lipinski definition) is 3. The molecule has 0 aliphatic rings. The predicted molar refractivity (Wildman–Crippen MR) is 130 cm³/mol. The summed E-state index contributed by atoms with van der Waals surface area (Å²) in [6.45, 7) is 5.89. The number of halogens is 3. The fraction of sp³-hybridized carbons (Fsp3) is 0.364. The van der Waals surface area contributed by atoms with Gasteiger partial charge in [-0.25, -0.2) is 0 Å². The molecule has 2 aromatic carbocycles. The Balaban J connectivity index is 2.11. The number of amides is 2. The second-order valence-electron chi connectivity index (χ2n) is 7.18. The third-order valence-electron chi connectivity index (χ3n) is 4.37. The van der Waals surface area contributed by atoms with Crippen molar-refractivity contribution in [2.75, 3.05) is 5.75 Å². The van der Waals surface area contributed by atoms with E-state index in [0.29, 0.717) is 22.3 Å². The Morgan fingerprint density at radius 3 is 2.33 bits per heavy atom. The summed E-state index contributed by atoms with van der Waals surface area (Å²) >= 11 is 17.3. The van der Waals surface area contributed by atoms with Crippen molar-refractivity contribution in [1.29, 1.82) is 0 Å². The molecule has 2 rings (SSSR count). The molecule has 8 heteroatoms. The van der Waals surface area contributed by atoms with Crippen LogP contribution in [0.25, 0.3) is 0 Å². The van der Waals surface area contributed by atoms with E-state index in [4.69, 9.17) is 23.2 Å². The van der Waals surface area contributed by atoms with Crippen molar-refractivity contribution in [3.05, 3.63) is 68.1 Å². The summed E-state index contributed by atoms with van der Waals surface area (Å²) in [6, 6.07) is 12.5. The molecule has 1 atom stereocenters. The highest BCUT2D eigenvalue weighted by Crippen LogP contribution is 2.28. The van der Waals surface area contributed by atoms with Crippen LogP contribution in [0.4, 0.5) is 0 Å². The third-order valence-corrected chi connectivity index (χ3v) is 6.52. The summed E-state index contributed by atoms with van der Waals surface area (Å²) in [5.41, 5.74) is 1.75. The lowest BCUT2D eigenvalue weighted by atomic mass is 10.1. The zero-order valence-corrected chi connectivity index (χ0v) is 21.0. The van der Waals surface area contributed by atoms with Crippen molar-refractivity contribution >= 4 is 62.7 Å². The molecule has 0 radical (unpaired) electrons. The summed E-state index contributed by atoms with van der Waals surface area (Å²) < 4.78 is 0.925. The molecule has 0 aliphatic heterocycles. The topological polar surface area (TPSA) is 49.4 Å². The zero-order chi connectivity index (χ0) is 22.3. The van der Waals surface area contributed by atoms with Gasteiger partial charge in [-0.15, -0.1) is 11.8 Å². The van der Waals surface area contributed by atoms with Gasteiger partial charge in [0, 0.05) is 32.9 Å². The van der Waals surface area contributed by atoms with Gasteiger partial charge < -0.3 is 10.2 Å². The average molecular weight is 532 g/mol. The van der Waals surface area contributed by atoms with Crippen LogP contribution in [0, 0.1) is 0 Å². The van der Waals surface area contributed by atoms with Gasteiger partial charge in [0.25, 0.3) is 0 Å². The minimum Gasteiger partial charge on any atom is -0.352 e. The SMILES string of the molecule is CC(C)NC(=O)[C@@H](C)N(Cc1cccc(Br)c1)C(=O)CSCc1c(Cl)cccc1Cl. The molecular formula is C22H25BrCl2N2O2S. The van der Waals surface area contributed by atoms with Gasteiger partial charge in [0.05, 0.1) is 5.75 Å². The lowest BCUT2D eigenvalue weighted by molar-refractivity contribution is -0.138. The lowest BCUT2D eigenvalue weighted by Crippen LogP contribution is -2.49. The van der Waals surface area contributed by atoms with Crippen LogP contribution in [0.15, 0.2) is 46.9 Å². The number of carbonyl (C=O) groups is 2.